The van der Waals surface area contributed by atoms with Crippen molar-refractivity contribution in [2.24, 2.45) is 0 Å². The van der Waals surface area contributed by atoms with Crippen LogP contribution in [0.3, 0.4) is 0 Å². The number of rotatable bonds is 17. The van der Waals surface area contributed by atoms with E-state index in [1.807, 2.05) is 0 Å². The van der Waals surface area contributed by atoms with Crippen molar-refractivity contribution in [3.8, 4) is 0 Å². The maximum absolute atomic E-state index is 15.5. The van der Waals surface area contributed by atoms with Gasteiger partial charge in [-0.25, -0.2) is 0 Å². The highest BCUT2D eigenvalue weighted by atomic mass is 19.3. The molecule has 0 saturated heterocycles. The van der Waals surface area contributed by atoms with Gasteiger partial charge in [0.25, 0.3) is 0 Å². The van der Waals surface area contributed by atoms with Crippen LogP contribution in [0.1, 0.15) is 103 Å². The van der Waals surface area contributed by atoms with E-state index in [1.165, 1.54) is 18.2 Å². The van der Waals surface area contributed by atoms with Gasteiger partial charge in [-0.2, -0.15) is 17.6 Å². The predicted molar refractivity (Wildman–Crippen MR) is 130 cm³/mol. The Hall–Kier alpha value is -1.40. The van der Waals surface area contributed by atoms with Gasteiger partial charge in [0.2, 0.25) is 5.79 Å². The third-order valence-corrected chi connectivity index (χ3v) is 6.54. The smallest absolute Gasteiger partial charge is 0.344 e. The highest BCUT2D eigenvalue weighted by Gasteiger charge is 2.74. The third-order valence-electron chi connectivity index (χ3n) is 6.54. The molecule has 0 bridgehead atoms. The molecule has 0 heterocycles. The van der Waals surface area contributed by atoms with Crippen molar-refractivity contribution < 1.29 is 27.0 Å². The van der Waals surface area contributed by atoms with E-state index in [9.17, 15) is 0 Å². The summed E-state index contributed by atoms with van der Waals surface area (Å²) in [6, 6.07) is 7.65. The van der Waals surface area contributed by atoms with Crippen LogP contribution in [-0.4, -0.2) is 30.8 Å². The van der Waals surface area contributed by atoms with Crippen LogP contribution < -0.4 is 0 Å². The Morgan fingerprint density at radius 1 is 0.676 bits per heavy atom. The number of unbranched alkanes of at least 4 members (excludes halogenated alkanes) is 10. The minimum Gasteiger partial charge on any atom is -0.344 e. The van der Waals surface area contributed by atoms with Crippen LogP contribution in [0.4, 0.5) is 17.6 Å². The normalized spacial score (nSPS) is 18.6. The highest BCUT2D eigenvalue weighted by molar-refractivity contribution is 5.73. The fraction of sp³-hybridized carbons (Fsp3) is 0.714. The number of allylic oxidation sites excluding steroid dienone is 1. The molecule has 0 amide bonds. The van der Waals surface area contributed by atoms with E-state index in [-0.39, 0.29) is 18.8 Å². The molecule has 0 atom stereocenters. The van der Waals surface area contributed by atoms with Gasteiger partial charge in [0.05, 0.1) is 13.2 Å². The maximum atomic E-state index is 15.5. The van der Waals surface area contributed by atoms with E-state index in [2.05, 4.69) is 13.8 Å². The molecule has 0 fully saturated rings. The summed E-state index contributed by atoms with van der Waals surface area (Å²) < 4.78 is 72.8. The average Bonchev–Trinajstić information content (AvgIpc) is 2.82. The Morgan fingerprint density at radius 3 is 1.65 bits per heavy atom. The van der Waals surface area contributed by atoms with Gasteiger partial charge in [0.1, 0.15) is 0 Å². The molecular weight excluding hydrogens is 444 g/mol. The van der Waals surface area contributed by atoms with Crippen molar-refractivity contribution in [3.05, 3.63) is 42.0 Å². The molecular formula is C28H42F4O2. The zero-order valence-electron chi connectivity index (χ0n) is 20.9. The predicted octanol–water partition coefficient (Wildman–Crippen LogP) is 9.19. The number of hydrogen-bond acceptors (Lipinski definition) is 2. The Labute approximate surface area is 203 Å². The van der Waals surface area contributed by atoms with E-state index >= 15 is 17.6 Å². The zero-order chi connectivity index (χ0) is 24.9. The number of benzene rings is 1. The average molecular weight is 487 g/mol. The Kier molecular flexibility index (Phi) is 12.1. The molecule has 0 unspecified atom stereocenters. The molecule has 0 radical (unpaired) electrons. The van der Waals surface area contributed by atoms with Gasteiger partial charge in [0.15, 0.2) is 0 Å². The van der Waals surface area contributed by atoms with Gasteiger partial charge in [-0.05, 0) is 18.4 Å². The standard InChI is InChI=1S/C28H42F4O2/c1-3-5-7-9-11-16-22-33-26(34-23-17-12-10-8-6-4-2)21-20-25(24-18-14-13-15-19-24)27(29,30)28(26,31)32/h13-15,18-20H,3-12,16-17,21-23H2,1-2H3. The van der Waals surface area contributed by atoms with Gasteiger partial charge in [-0.1, -0.05) is 114 Å². The van der Waals surface area contributed by atoms with Crippen LogP contribution >= 0.6 is 0 Å². The summed E-state index contributed by atoms with van der Waals surface area (Å²) in [5.41, 5.74) is -0.576. The molecule has 1 aliphatic carbocycles. The van der Waals surface area contributed by atoms with Crippen LogP contribution in [-0.2, 0) is 9.47 Å². The molecule has 2 nitrogen and oxygen atoms in total. The van der Waals surface area contributed by atoms with Gasteiger partial charge in [-0.15, -0.1) is 0 Å². The van der Waals surface area contributed by atoms with E-state index in [4.69, 9.17) is 9.47 Å². The van der Waals surface area contributed by atoms with E-state index in [0.717, 1.165) is 64.2 Å². The summed E-state index contributed by atoms with van der Waals surface area (Å²) in [5, 5.41) is 0. The van der Waals surface area contributed by atoms with Crippen molar-refractivity contribution in [2.45, 2.75) is 115 Å². The summed E-state index contributed by atoms with van der Waals surface area (Å²) in [6.07, 6.45) is 12.1. The lowest BCUT2D eigenvalue weighted by Gasteiger charge is -2.46. The maximum Gasteiger partial charge on any atom is 0.367 e. The minimum atomic E-state index is -4.50. The van der Waals surface area contributed by atoms with Crippen LogP contribution in [0.5, 0.6) is 0 Å². The lowest BCUT2D eigenvalue weighted by molar-refractivity contribution is -0.380. The first kappa shape index (κ1) is 28.8. The highest BCUT2D eigenvalue weighted by Crippen LogP contribution is 2.56. The molecule has 2 rings (SSSR count). The second-order valence-corrected chi connectivity index (χ2v) is 9.32. The van der Waals surface area contributed by atoms with Crippen molar-refractivity contribution in [1.29, 1.82) is 0 Å². The molecule has 0 spiro atoms. The number of alkyl halides is 4. The molecule has 0 aromatic heterocycles. The number of halogens is 4. The van der Waals surface area contributed by atoms with Gasteiger partial charge < -0.3 is 9.47 Å². The van der Waals surface area contributed by atoms with Crippen LogP contribution in [0.25, 0.3) is 5.57 Å². The van der Waals surface area contributed by atoms with Gasteiger partial charge in [-0.3, -0.25) is 0 Å². The van der Waals surface area contributed by atoms with E-state index in [1.54, 1.807) is 18.2 Å². The lowest BCUT2D eigenvalue weighted by atomic mass is 9.83. The van der Waals surface area contributed by atoms with Gasteiger partial charge >= 0.3 is 11.8 Å². The molecule has 6 heteroatoms. The van der Waals surface area contributed by atoms with Crippen molar-refractivity contribution >= 4 is 5.57 Å². The summed E-state index contributed by atoms with van der Waals surface area (Å²) in [7, 11) is 0. The topological polar surface area (TPSA) is 18.5 Å². The Morgan fingerprint density at radius 2 is 1.15 bits per heavy atom. The van der Waals surface area contributed by atoms with Crippen LogP contribution in [0, 0.1) is 0 Å². The Balaban J connectivity index is 2.12. The van der Waals surface area contributed by atoms with Crippen molar-refractivity contribution in [2.75, 3.05) is 13.2 Å². The zero-order valence-corrected chi connectivity index (χ0v) is 20.9. The molecule has 1 aromatic carbocycles. The summed E-state index contributed by atoms with van der Waals surface area (Å²) in [5.74, 6) is -11.6. The monoisotopic (exact) mass is 486 g/mol. The first-order valence-electron chi connectivity index (χ1n) is 13.1. The first-order valence-corrected chi connectivity index (χ1v) is 13.1. The summed E-state index contributed by atoms with van der Waals surface area (Å²) >= 11 is 0. The fourth-order valence-electron chi connectivity index (χ4n) is 4.40. The quantitative estimate of drug-likeness (QED) is 0.124. The third kappa shape index (κ3) is 7.30. The second-order valence-electron chi connectivity index (χ2n) is 9.32. The van der Waals surface area contributed by atoms with E-state index in [0.29, 0.717) is 12.8 Å². The molecule has 194 valence electrons. The van der Waals surface area contributed by atoms with Crippen LogP contribution in [0.15, 0.2) is 36.4 Å². The van der Waals surface area contributed by atoms with Crippen molar-refractivity contribution in [1.82, 2.24) is 0 Å². The molecule has 0 N–H and O–H groups in total. The second kappa shape index (κ2) is 14.2. The van der Waals surface area contributed by atoms with E-state index < -0.39 is 29.6 Å². The van der Waals surface area contributed by atoms with Crippen LogP contribution in [0.2, 0.25) is 0 Å². The van der Waals surface area contributed by atoms with Crippen molar-refractivity contribution in [3.63, 3.8) is 0 Å². The number of ether oxygens (including phenoxy) is 2. The molecule has 34 heavy (non-hydrogen) atoms. The molecule has 0 aliphatic heterocycles. The largest absolute Gasteiger partial charge is 0.367 e. The fourth-order valence-corrected chi connectivity index (χ4v) is 4.40. The minimum absolute atomic E-state index is 0.0250. The van der Waals surface area contributed by atoms with Gasteiger partial charge in [0, 0.05) is 12.0 Å². The Bertz CT molecular complexity index is 700. The SMILES string of the molecule is CCCCCCCCOC1(OCCCCCCCC)CC=C(c2ccccc2)C(F)(F)C1(F)F. The first-order chi connectivity index (χ1) is 16.3. The summed E-state index contributed by atoms with van der Waals surface area (Å²) in [6.45, 7) is 4.19. The molecule has 1 aliphatic rings. The molecule has 0 saturated carbocycles. The lowest BCUT2D eigenvalue weighted by Crippen LogP contribution is -2.63. The summed E-state index contributed by atoms with van der Waals surface area (Å²) in [4.78, 5) is 0. The number of hydrogen-bond donors (Lipinski definition) is 0. The molecule has 1 aromatic rings.